The van der Waals surface area contributed by atoms with Crippen molar-refractivity contribution in [2.75, 3.05) is 14.1 Å². The highest BCUT2D eigenvalue weighted by molar-refractivity contribution is 7.90. The van der Waals surface area contributed by atoms with Gasteiger partial charge in [-0.05, 0) is 47.9 Å². The Hall–Kier alpha value is -3.83. The van der Waals surface area contributed by atoms with Crippen LogP contribution in [0.2, 0.25) is 0 Å². The molecule has 0 aliphatic heterocycles. The van der Waals surface area contributed by atoms with E-state index in [1.54, 1.807) is 67.5 Å². The summed E-state index contributed by atoms with van der Waals surface area (Å²) < 4.78 is 42.2. The van der Waals surface area contributed by atoms with Crippen LogP contribution in [0, 0.1) is 0 Å². The molecule has 0 saturated heterocycles. The monoisotopic (exact) mass is 538 g/mol. The summed E-state index contributed by atoms with van der Waals surface area (Å²) in [4.78, 5) is 26.9. The molecule has 4 rings (SSSR count). The molecule has 0 bridgehead atoms. The molecule has 2 amide bonds. The Kier molecular flexibility index (Phi) is 7.84. The van der Waals surface area contributed by atoms with Gasteiger partial charge in [0.15, 0.2) is 0 Å². The highest BCUT2D eigenvalue weighted by Crippen LogP contribution is 2.28. The number of carbonyl (C=O) groups excluding carboxylic acids is 2. The van der Waals surface area contributed by atoms with Crippen LogP contribution in [0.4, 0.5) is 0 Å². The molecular formula is C26H26N4O5S2. The Bertz CT molecular complexity index is 1500. The highest BCUT2D eigenvalue weighted by atomic mass is 32.2. The van der Waals surface area contributed by atoms with E-state index in [1.165, 1.54) is 12.1 Å². The average Bonchev–Trinajstić information content (AvgIpc) is 3.35. The van der Waals surface area contributed by atoms with E-state index in [0.717, 1.165) is 17.3 Å². The summed E-state index contributed by atoms with van der Waals surface area (Å²) in [5, 5.41) is 0. The lowest BCUT2D eigenvalue weighted by Gasteiger charge is -2.20. The van der Waals surface area contributed by atoms with Crippen LogP contribution < -0.4 is 9.46 Å². The SMILES string of the molecule is CC(CC(=O)N(C)C)c1ccc(OC(C(=O)NS(=O)(=O)c2ccccc2)c2ccc3nsnc3c2)cc1. The van der Waals surface area contributed by atoms with Crippen molar-refractivity contribution in [3.8, 4) is 5.75 Å². The molecule has 2 unspecified atom stereocenters. The number of fused-ring (bicyclic) bond motifs is 1. The minimum absolute atomic E-state index is 0.0152. The van der Waals surface area contributed by atoms with Crippen LogP contribution in [0.1, 0.15) is 36.5 Å². The van der Waals surface area contributed by atoms with Gasteiger partial charge in [-0.3, -0.25) is 9.59 Å². The number of sulfonamides is 1. The van der Waals surface area contributed by atoms with Gasteiger partial charge < -0.3 is 9.64 Å². The first-order chi connectivity index (χ1) is 17.6. The van der Waals surface area contributed by atoms with E-state index in [2.05, 4.69) is 13.5 Å². The van der Waals surface area contributed by atoms with Gasteiger partial charge in [-0.1, -0.05) is 43.3 Å². The van der Waals surface area contributed by atoms with E-state index in [9.17, 15) is 18.0 Å². The van der Waals surface area contributed by atoms with Crippen molar-refractivity contribution in [1.82, 2.24) is 18.4 Å². The van der Waals surface area contributed by atoms with Crippen LogP contribution in [0.25, 0.3) is 11.0 Å². The second kappa shape index (κ2) is 11.1. The maximum Gasteiger partial charge on any atom is 0.279 e. The van der Waals surface area contributed by atoms with Crippen LogP contribution in [0.15, 0.2) is 77.7 Å². The largest absolute Gasteiger partial charge is 0.476 e. The van der Waals surface area contributed by atoms with Crippen LogP contribution in [0.3, 0.4) is 0 Å². The molecule has 0 aliphatic rings. The second-order valence-corrected chi connectivity index (χ2v) is 11.0. The first-order valence-corrected chi connectivity index (χ1v) is 13.7. The number of carbonyl (C=O) groups is 2. The lowest BCUT2D eigenvalue weighted by molar-refractivity contribution is -0.129. The van der Waals surface area contributed by atoms with Gasteiger partial charge in [-0.15, -0.1) is 0 Å². The number of ether oxygens (including phenoxy) is 1. The van der Waals surface area contributed by atoms with E-state index in [1.807, 2.05) is 19.1 Å². The molecule has 1 heterocycles. The molecule has 0 spiro atoms. The smallest absolute Gasteiger partial charge is 0.279 e. The lowest BCUT2D eigenvalue weighted by atomic mass is 9.97. The van der Waals surface area contributed by atoms with Gasteiger partial charge in [0.2, 0.25) is 12.0 Å². The van der Waals surface area contributed by atoms with Crippen molar-refractivity contribution < 1.29 is 22.7 Å². The molecule has 1 aromatic heterocycles. The van der Waals surface area contributed by atoms with E-state index >= 15 is 0 Å². The number of amides is 2. The predicted molar refractivity (Wildman–Crippen MR) is 141 cm³/mol. The number of nitrogens with one attached hydrogen (secondary N) is 1. The molecular weight excluding hydrogens is 512 g/mol. The fraction of sp³-hybridized carbons (Fsp3) is 0.231. The van der Waals surface area contributed by atoms with E-state index in [-0.39, 0.29) is 16.7 Å². The number of rotatable bonds is 9. The predicted octanol–water partition coefficient (Wildman–Crippen LogP) is 3.90. The summed E-state index contributed by atoms with van der Waals surface area (Å²) in [6.07, 6.45) is -0.916. The van der Waals surface area contributed by atoms with Crippen molar-refractivity contribution in [2.45, 2.75) is 30.3 Å². The summed E-state index contributed by atoms with van der Waals surface area (Å²) in [6, 6.07) is 19.7. The third kappa shape index (κ3) is 6.30. The van der Waals surface area contributed by atoms with E-state index in [0.29, 0.717) is 28.8 Å². The number of nitrogens with zero attached hydrogens (tertiary/aromatic N) is 3. The maximum atomic E-state index is 13.3. The van der Waals surface area contributed by atoms with Gasteiger partial charge >= 0.3 is 0 Å². The molecule has 2 atom stereocenters. The molecule has 0 radical (unpaired) electrons. The summed E-state index contributed by atoms with van der Waals surface area (Å²) >= 11 is 1.04. The molecule has 37 heavy (non-hydrogen) atoms. The molecule has 11 heteroatoms. The van der Waals surface area contributed by atoms with Crippen molar-refractivity contribution >= 4 is 44.6 Å². The van der Waals surface area contributed by atoms with Crippen molar-refractivity contribution in [3.63, 3.8) is 0 Å². The number of aromatic nitrogens is 2. The van der Waals surface area contributed by atoms with E-state index in [4.69, 9.17) is 4.74 Å². The Morgan fingerprint density at radius 1 is 0.946 bits per heavy atom. The lowest BCUT2D eigenvalue weighted by Crippen LogP contribution is -2.36. The Labute approximate surface area is 219 Å². The van der Waals surface area contributed by atoms with Crippen LogP contribution in [-0.4, -0.2) is 48.0 Å². The van der Waals surface area contributed by atoms with Crippen LogP contribution in [0.5, 0.6) is 5.75 Å². The molecule has 4 aromatic rings. The Morgan fingerprint density at radius 2 is 1.59 bits per heavy atom. The fourth-order valence-corrected chi connectivity index (χ4v) is 5.18. The molecule has 0 aliphatic carbocycles. The molecule has 9 nitrogen and oxygen atoms in total. The fourth-order valence-electron chi connectivity index (χ4n) is 3.65. The summed E-state index contributed by atoms with van der Waals surface area (Å²) in [7, 11) is -0.681. The van der Waals surface area contributed by atoms with Gasteiger partial charge in [0.25, 0.3) is 15.9 Å². The van der Waals surface area contributed by atoms with Crippen molar-refractivity contribution in [2.24, 2.45) is 0 Å². The first-order valence-electron chi connectivity index (χ1n) is 11.4. The van der Waals surface area contributed by atoms with Crippen molar-refractivity contribution in [3.05, 3.63) is 83.9 Å². The third-order valence-electron chi connectivity index (χ3n) is 5.79. The quantitative estimate of drug-likeness (QED) is 0.343. The standard InChI is InChI=1S/C26H26N4O5S2/c1-17(15-24(31)30(2)3)18-9-12-20(13-10-18)35-25(19-11-14-22-23(16-19)28-36-27-22)26(32)29-37(33,34)21-7-5-4-6-8-21/h4-14,16-17,25H,15H2,1-3H3,(H,29,32). The molecule has 0 fully saturated rings. The Balaban J connectivity index is 1.60. The van der Waals surface area contributed by atoms with Gasteiger partial charge in [0, 0.05) is 26.1 Å². The van der Waals surface area contributed by atoms with Crippen molar-refractivity contribution in [1.29, 1.82) is 0 Å². The van der Waals surface area contributed by atoms with Gasteiger partial charge in [-0.2, -0.15) is 8.75 Å². The molecule has 3 aromatic carbocycles. The zero-order valence-corrected chi connectivity index (χ0v) is 22.1. The first kappa shape index (κ1) is 26.2. The minimum Gasteiger partial charge on any atom is -0.476 e. The summed E-state index contributed by atoms with van der Waals surface area (Å²) in [5.74, 6) is -0.473. The van der Waals surface area contributed by atoms with E-state index < -0.39 is 22.0 Å². The molecule has 192 valence electrons. The number of hydrogen-bond acceptors (Lipinski definition) is 8. The zero-order valence-electron chi connectivity index (χ0n) is 20.5. The zero-order chi connectivity index (χ0) is 26.6. The second-order valence-electron chi connectivity index (χ2n) is 8.76. The van der Waals surface area contributed by atoms with Crippen LogP contribution >= 0.6 is 11.7 Å². The number of hydrogen-bond donors (Lipinski definition) is 1. The third-order valence-corrected chi connectivity index (χ3v) is 7.71. The van der Waals surface area contributed by atoms with Gasteiger partial charge in [-0.25, -0.2) is 13.1 Å². The topological polar surface area (TPSA) is 119 Å². The van der Waals surface area contributed by atoms with Crippen LogP contribution in [-0.2, 0) is 19.6 Å². The van der Waals surface area contributed by atoms with Gasteiger partial charge in [0.1, 0.15) is 16.8 Å². The minimum atomic E-state index is -4.11. The molecule has 1 N–H and O–H groups in total. The summed E-state index contributed by atoms with van der Waals surface area (Å²) in [5.41, 5.74) is 2.60. The summed E-state index contributed by atoms with van der Waals surface area (Å²) in [6.45, 7) is 1.96. The molecule has 0 saturated carbocycles. The number of benzene rings is 3. The maximum absolute atomic E-state index is 13.3. The van der Waals surface area contributed by atoms with Gasteiger partial charge in [0.05, 0.1) is 16.6 Å². The average molecular weight is 539 g/mol. The normalized spacial score (nSPS) is 13.1. The Morgan fingerprint density at radius 3 is 2.27 bits per heavy atom. The highest BCUT2D eigenvalue weighted by Gasteiger charge is 2.28.